The number of carbonyl (C=O) groups excluding carboxylic acids is 2. The first-order chi connectivity index (χ1) is 12.7. The van der Waals surface area contributed by atoms with Crippen molar-refractivity contribution in [2.75, 3.05) is 6.54 Å². The standard InChI is InChI=1S/C22H30N2O2/c25-21(23-16-15-17-7-3-1-4-8-17)18-11-13-19(14-12-18)22(26)24-20-9-5-2-6-10-20/h7,11-14,20H,1-6,8-10,15-16H2,(H,23,25)(H,24,26). The summed E-state index contributed by atoms with van der Waals surface area (Å²) in [6.07, 6.45) is 14.0. The molecule has 26 heavy (non-hydrogen) atoms. The van der Waals surface area contributed by atoms with Crippen LogP contribution in [0.25, 0.3) is 0 Å². The maximum atomic E-state index is 12.3. The molecule has 0 radical (unpaired) electrons. The highest BCUT2D eigenvalue weighted by atomic mass is 16.2. The van der Waals surface area contributed by atoms with Crippen molar-refractivity contribution in [3.63, 3.8) is 0 Å². The van der Waals surface area contributed by atoms with Gasteiger partial charge in [-0.3, -0.25) is 9.59 Å². The second-order valence-electron chi connectivity index (χ2n) is 7.50. The summed E-state index contributed by atoms with van der Waals surface area (Å²) in [5.41, 5.74) is 2.70. The van der Waals surface area contributed by atoms with Gasteiger partial charge in [-0.1, -0.05) is 30.9 Å². The maximum absolute atomic E-state index is 12.3. The summed E-state index contributed by atoms with van der Waals surface area (Å²) >= 11 is 0. The zero-order valence-electron chi connectivity index (χ0n) is 15.6. The number of rotatable bonds is 6. The zero-order valence-corrected chi connectivity index (χ0v) is 15.6. The van der Waals surface area contributed by atoms with Crippen LogP contribution in [0.2, 0.25) is 0 Å². The fourth-order valence-electron chi connectivity index (χ4n) is 3.86. The van der Waals surface area contributed by atoms with Gasteiger partial charge in [0.05, 0.1) is 0 Å². The molecule has 1 aromatic rings. The van der Waals surface area contributed by atoms with Crippen LogP contribution in [0.5, 0.6) is 0 Å². The molecule has 2 N–H and O–H groups in total. The van der Waals surface area contributed by atoms with Crippen LogP contribution >= 0.6 is 0 Å². The molecular formula is C22H30N2O2. The van der Waals surface area contributed by atoms with E-state index in [4.69, 9.17) is 0 Å². The first-order valence-corrected chi connectivity index (χ1v) is 10.1. The molecule has 1 aromatic carbocycles. The maximum Gasteiger partial charge on any atom is 0.251 e. The number of benzene rings is 1. The van der Waals surface area contributed by atoms with Gasteiger partial charge in [0.25, 0.3) is 11.8 Å². The molecule has 0 atom stereocenters. The van der Waals surface area contributed by atoms with Crippen LogP contribution in [0.4, 0.5) is 0 Å². The SMILES string of the molecule is O=C(NCCC1=CCCCC1)c1ccc(C(=O)NC2CCCCC2)cc1. The number of nitrogens with one attached hydrogen (secondary N) is 2. The predicted molar refractivity (Wildman–Crippen MR) is 104 cm³/mol. The van der Waals surface area contributed by atoms with Crippen molar-refractivity contribution in [1.29, 1.82) is 0 Å². The van der Waals surface area contributed by atoms with Gasteiger partial charge >= 0.3 is 0 Å². The second kappa shape index (κ2) is 9.56. The minimum Gasteiger partial charge on any atom is -0.352 e. The van der Waals surface area contributed by atoms with Crippen LogP contribution in [-0.2, 0) is 0 Å². The molecular weight excluding hydrogens is 324 g/mol. The molecule has 4 nitrogen and oxygen atoms in total. The molecule has 0 spiro atoms. The minimum absolute atomic E-state index is 0.0342. The Morgan fingerprint density at radius 3 is 2.23 bits per heavy atom. The van der Waals surface area contributed by atoms with Crippen molar-refractivity contribution < 1.29 is 9.59 Å². The number of carbonyl (C=O) groups is 2. The topological polar surface area (TPSA) is 58.2 Å². The number of amides is 2. The Morgan fingerprint density at radius 2 is 1.58 bits per heavy atom. The molecule has 3 rings (SSSR count). The highest BCUT2D eigenvalue weighted by Gasteiger charge is 2.17. The van der Waals surface area contributed by atoms with Crippen LogP contribution < -0.4 is 10.6 Å². The van der Waals surface area contributed by atoms with Crippen molar-refractivity contribution in [1.82, 2.24) is 10.6 Å². The van der Waals surface area contributed by atoms with E-state index in [1.54, 1.807) is 24.3 Å². The lowest BCUT2D eigenvalue weighted by Gasteiger charge is -2.22. The average molecular weight is 354 g/mol. The van der Waals surface area contributed by atoms with Gasteiger partial charge in [-0.15, -0.1) is 0 Å². The Labute approximate surface area is 156 Å². The lowest BCUT2D eigenvalue weighted by molar-refractivity contribution is 0.0923. The number of hydrogen-bond acceptors (Lipinski definition) is 2. The number of allylic oxidation sites excluding steroid dienone is 1. The predicted octanol–water partition coefficient (Wildman–Crippen LogP) is 4.37. The third kappa shape index (κ3) is 5.45. The lowest BCUT2D eigenvalue weighted by atomic mass is 9.95. The Kier molecular flexibility index (Phi) is 6.87. The summed E-state index contributed by atoms with van der Waals surface area (Å²) in [4.78, 5) is 24.6. The van der Waals surface area contributed by atoms with E-state index in [-0.39, 0.29) is 11.8 Å². The van der Waals surface area contributed by atoms with Gasteiger partial charge in [-0.2, -0.15) is 0 Å². The Bertz CT molecular complexity index is 643. The first kappa shape index (κ1) is 18.7. The van der Waals surface area contributed by atoms with E-state index in [0.717, 1.165) is 19.3 Å². The summed E-state index contributed by atoms with van der Waals surface area (Å²) in [5, 5.41) is 6.09. The molecule has 140 valence electrons. The highest BCUT2D eigenvalue weighted by Crippen LogP contribution is 2.20. The third-order valence-electron chi connectivity index (χ3n) is 5.47. The van der Waals surface area contributed by atoms with Crippen LogP contribution in [0.15, 0.2) is 35.9 Å². The fourth-order valence-corrected chi connectivity index (χ4v) is 3.86. The van der Waals surface area contributed by atoms with Crippen molar-refractivity contribution in [3.05, 3.63) is 47.0 Å². The second-order valence-corrected chi connectivity index (χ2v) is 7.50. The third-order valence-corrected chi connectivity index (χ3v) is 5.47. The van der Waals surface area contributed by atoms with E-state index in [9.17, 15) is 9.59 Å². The highest BCUT2D eigenvalue weighted by molar-refractivity contribution is 5.97. The monoisotopic (exact) mass is 354 g/mol. The Balaban J connectivity index is 1.45. The zero-order chi connectivity index (χ0) is 18.2. The summed E-state index contributed by atoms with van der Waals surface area (Å²) in [7, 11) is 0. The van der Waals surface area contributed by atoms with Crippen LogP contribution in [0.3, 0.4) is 0 Å². The molecule has 0 heterocycles. The van der Waals surface area contributed by atoms with Gasteiger partial charge in [-0.05, 0) is 69.2 Å². The van der Waals surface area contributed by atoms with E-state index in [1.165, 1.54) is 50.5 Å². The van der Waals surface area contributed by atoms with E-state index >= 15 is 0 Å². The minimum atomic E-state index is -0.0688. The average Bonchev–Trinajstić information content (AvgIpc) is 2.69. The summed E-state index contributed by atoms with van der Waals surface area (Å²) in [6, 6.07) is 7.28. The van der Waals surface area contributed by atoms with Gasteiger partial charge in [0.2, 0.25) is 0 Å². The van der Waals surface area contributed by atoms with E-state index in [2.05, 4.69) is 16.7 Å². The Hall–Kier alpha value is -2.10. The fraction of sp³-hybridized carbons (Fsp3) is 0.545. The molecule has 0 bridgehead atoms. The summed E-state index contributed by atoms with van der Waals surface area (Å²) in [6.45, 7) is 0.675. The van der Waals surface area contributed by atoms with Gasteiger partial charge < -0.3 is 10.6 Å². The van der Waals surface area contributed by atoms with Gasteiger partial charge in [0.15, 0.2) is 0 Å². The molecule has 0 saturated heterocycles. The van der Waals surface area contributed by atoms with E-state index in [1.807, 2.05) is 0 Å². The van der Waals surface area contributed by atoms with Crippen molar-refractivity contribution in [2.24, 2.45) is 0 Å². The summed E-state index contributed by atoms with van der Waals surface area (Å²) < 4.78 is 0. The van der Waals surface area contributed by atoms with Crippen molar-refractivity contribution >= 4 is 11.8 Å². The normalized spacial score (nSPS) is 18.1. The van der Waals surface area contributed by atoms with Gasteiger partial charge in [0, 0.05) is 23.7 Å². The van der Waals surface area contributed by atoms with Crippen molar-refractivity contribution in [3.8, 4) is 0 Å². The van der Waals surface area contributed by atoms with Gasteiger partial charge in [0.1, 0.15) is 0 Å². The van der Waals surface area contributed by atoms with Crippen molar-refractivity contribution in [2.45, 2.75) is 70.3 Å². The lowest BCUT2D eigenvalue weighted by Crippen LogP contribution is -2.36. The van der Waals surface area contributed by atoms with Crippen LogP contribution in [-0.4, -0.2) is 24.4 Å². The molecule has 1 saturated carbocycles. The molecule has 2 aliphatic rings. The quantitative estimate of drug-likeness (QED) is 0.745. The largest absolute Gasteiger partial charge is 0.352 e. The Morgan fingerprint density at radius 1 is 0.885 bits per heavy atom. The molecule has 0 unspecified atom stereocenters. The molecule has 0 aliphatic heterocycles. The first-order valence-electron chi connectivity index (χ1n) is 10.1. The molecule has 4 heteroatoms. The number of hydrogen-bond donors (Lipinski definition) is 2. The summed E-state index contributed by atoms with van der Waals surface area (Å²) in [5.74, 6) is -0.103. The van der Waals surface area contributed by atoms with E-state index < -0.39 is 0 Å². The van der Waals surface area contributed by atoms with Crippen LogP contribution in [0.1, 0.15) is 84.9 Å². The molecule has 1 fully saturated rings. The van der Waals surface area contributed by atoms with Gasteiger partial charge in [-0.25, -0.2) is 0 Å². The molecule has 2 aliphatic carbocycles. The molecule has 0 aromatic heterocycles. The smallest absolute Gasteiger partial charge is 0.251 e. The van der Waals surface area contributed by atoms with Crippen LogP contribution in [0, 0.1) is 0 Å². The van der Waals surface area contributed by atoms with E-state index in [0.29, 0.717) is 23.7 Å². The molecule has 2 amide bonds.